The number of piperidine rings is 3. The Kier molecular flexibility index (Phi) is 11.2. The molecule has 0 spiro atoms. The van der Waals surface area contributed by atoms with Gasteiger partial charge in [-0.3, -0.25) is 14.9 Å². The van der Waals surface area contributed by atoms with Crippen molar-refractivity contribution in [2.24, 2.45) is 11.8 Å². The van der Waals surface area contributed by atoms with Gasteiger partial charge in [0.15, 0.2) is 5.65 Å². The molecule has 13 heteroatoms. The Balaban J connectivity index is 0.715. The fourth-order valence-corrected chi connectivity index (χ4v) is 9.44. The smallest absolute Gasteiger partial charge is 0.249 e. The number of amides is 2. The molecule has 2 atom stereocenters. The molecule has 6 heterocycles. The van der Waals surface area contributed by atoms with Gasteiger partial charge in [0, 0.05) is 69.2 Å². The van der Waals surface area contributed by atoms with E-state index in [-0.39, 0.29) is 23.9 Å². The number of carbonyl (C=O) groups is 2. The van der Waals surface area contributed by atoms with Gasteiger partial charge in [-0.05, 0) is 124 Å². The lowest BCUT2D eigenvalue weighted by atomic mass is 9.86. The first-order valence-electron chi connectivity index (χ1n) is 21.1. The number of benzene rings is 3. The van der Waals surface area contributed by atoms with Gasteiger partial charge in [0.25, 0.3) is 0 Å². The van der Waals surface area contributed by atoms with Gasteiger partial charge < -0.3 is 30.5 Å². The molecule has 0 radical (unpaired) electrons. The predicted molar refractivity (Wildman–Crippen MR) is 227 cm³/mol. The summed E-state index contributed by atoms with van der Waals surface area (Å²) in [6.07, 6.45) is 9.63. The summed E-state index contributed by atoms with van der Waals surface area (Å²) in [6, 6.07) is 26.1. The average Bonchev–Trinajstić information content (AvgIpc) is 3.88. The molecule has 2 unspecified atom stereocenters. The number of para-hydroxylation sites is 1. The second kappa shape index (κ2) is 17.1. The van der Waals surface area contributed by atoms with Crippen LogP contribution in [-0.4, -0.2) is 99.8 Å². The highest BCUT2D eigenvalue weighted by atomic mass is 16.5. The summed E-state index contributed by atoms with van der Waals surface area (Å²) in [6.45, 7) is 8.94. The monoisotopic (exact) mass is 782 g/mol. The maximum absolute atomic E-state index is 12.1. The first-order valence-corrected chi connectivity index (χ1v) is 21.1. The summed E-state index contributed by atoms with van der Waals surface area (Å²) in [7, 11) is 0. The van der Waals surface area contributed by atoms with Crippen molar-refractivity contribution in [2.45, 2.75) is 63.5 Å². The number of nitrogens with one attached hydrogen (secondary N) is 2. The highest BCUT2D eigenvalue weighted by Gasteiger charge is 2.30. The molecule has 9 rings (SSSR count). The maximum Gasteiger partial charge on any atom is 0.249 e. The van der Waals surface area contributed by atoms with Crippen LogP contribution in [0.1, 0.15) is 57.4 Å². The van der Waals surface area contributed by atoms with Crippen molar-refractivity contribution in [3.63, 3.8) is 0 Å². The first kappa shape index (κ1) is 38.0. The van der Waals surface area contributed by atoms with Crippen LogP contribution in [0.15, 0.2) is 85.2 Å². The van der Waals surface area contributed by atoms with E-state index in [9.17, 15) is 9.59 Å². The van der Waals surface area contributed by atoms with Crippen molar-refractivity contribution in [3.8, 4) is 22.8 Å². The zero-order chi connectivity index (χ0) is 39.4. The van der Waals surface area contributed by atoms with Crippen LogP contribution in [0.2, 0.25) is 0 Å². The number of fused-ring (bicyclic) bond motifs is 1. The quantitative estimate of drug-likeness (QED) is 0.122. The van der Waals surface area contributed by atoms with Gasteiger partial charge in [0.05, 0.1) is 11.4 Å². The van der Waals surface area contributed by atoms with E-state index in [1.807, 2.05) is 66.7 Å². The largest absolute Gasteiger partial charge is 0.457 e. The second-order valence-electron chi connectivity index (χ2n) is 16.6. The number of carbonyl (C=O) groups excluding carboxylic acids is 2. The van der Waals surface area contributed by atoms with Gasteiger partial charge in [0.1, 0.15) is 35.4 Å². The number of imide groups is 1. The molecule has 4 saturated heterocycles. The lowest BCUT2D eigenvalue weighted by Gasteiger charge is -2.35. The summed E-state index contributed by atoms with van der Waals surface area (Å²) in [5, 5.41) is 11.6. The van der Waals surface area contributed by atoms with Crippen molar-refractivity contribution in [1.29, 1.82) is 0 Å². The molecular formula is C45H54N10O3. The molecular weight excluding hydrogens is 729 g/mol. The average molecular weight is 783 g/mol. The number of rotatable bonds is 12. The van der Waals surface area contributed by atoms with Crippen molar-refractivity contribution >= 4 is 40.0 Å². The third-order valence-electron chi connectivity index (χ3n) is 12.7. The molecule has 13 nitrogen and oxygen atoms in total. The Morgan fingerprint density at radius 2 is 1.47 bits per heavy atom. The van der Waals surface area contributed by atoms with Gasteiger partial charge in [-0.1, -0.05) is 18.2 Å². The molecule has 58 heavy (non-hydrogen) atoms. The number of nitrogens with zero attached hydrogens (tertiary/aromatic N) is 7. The number of nitrogen functional groups attached to an aromatic ring is 1. The van der Waals surface area contributed by atoms with Crippen molar-refractivity contribution in [2.75, 3.05) is 68.3 Å². The third kappa shape index (κ3) is 8.65. The van der Waals surface area contributed by atoms with Crippen LogP contribution in [0.5, 0.6) is 11.5 Å². The second-order valence-corrected chi connectivity index (χ2v) is 16.6. The van der Waals surface area contributed by atoms with Gasteiger partial charge >= 0.3 is 0 Å². The summed E-state index contributed by atoms with van der Waals surface area (Å²) in [5.41, 5.74) is 11.2. The van der Waals surface area contributed by atoms with Crippen LogP contribution >= 0.6 is 0 Å². The van der Waals surface area contributed by atoms with Crippen LogP contribution in [0, 0.1) is 11.8 Å². The molecule has 5 aromatic rings. The van der Waals surface area contributed by atoms with Gasteiger partial charge in [-0.15, -0.1) is 0 Å². The van der Waals surface area contributed by atoms with Crippen molar-refractivity contribution in [3.05, 3.63) is 85.2 Å². The first-order chi connectivity index (χ1) is 28.4. The molecule has 0 bridgehead atoms. The molecule has 0 aliphatic carbocycles. The van der Waals surface area contributed by atoms with E-state index in [0.29, 0.717) is 18.7 Å². The van der Waals surface area contributed by atoms with E-state index in [0.717, 1.165) is 103 Å². The van der Waals surface area contributed by atoms with E-state index in [1.165, 1.54) is 44.5 Å². The van der Waals surface area contributed by atoms with Crippen molar-refractivity contribution in [1.82, 2.24) is 34.9 Å². The normalized spacial score (nSPS) is 21.4. The standard InChI is InChI=1S/C45H54N10O3/c46-43-41-42(33-6-12-38(13-7-33)58-37-4-2-1-3-5-37)51-55(44(41)48-30-47-43)36-19-22-52(23-20-36)26-27-53-21-16-32(29-53)28-31-17-24-54(25-18-31)35-10-8-34(9-11-35)49-39-14-15-40(56)50-45(39)57/h1-13,30-32,36,39,49H,14-29H2,(H2,46,47,48)(H,50,56,57). The topological polar surface area (TPSA) is 147 Å². The molecule has 2 aromatic heterocycles. The Labute approximate surface area is 339 Å². The number of anilines is 3. The van der Waals surface area contributed by atoms with E-state index >= 15 is 0 Å². The number of nitrogens with two attached hydrogens (primary N) is 1. The van der Waals surface area contributed by atoms with E-state index < -0.39 is 0 Å². The molecule has 2 amide bonds. The fourth-order valence-electron chi connectivity index (χ4n) is 9.44. The minimum Gasteiger partial charge on any atom is -0.457 e. The minimum absolute atomic E-state index is 0.191. The van der Waals surface area contributed by atoms with Crippen LogP contribution in [0.3, 0.4) is 0 Å². The maximum atomic E-state index is 12.1. The van der Waals surface area contributed by atoms with Crippen LogP contribution < -0.4 is 26.0 Å². The SMILES string of the molecule is Nc1ncnc2c1c(-c1ccc(Oc3ccccc3)cc1)nn2C1CCN(CCN2CCC(CC3CCN(c4ccc(NC5CCC(=O)NC5=O)cc4)CC3)C2)CC1. The summed E-state index contributed by atoms with van der Waals surface area (Å²) in [5.74, 6) is 3.17. The number of hydrogen-bond donors (Lipinski definition) is 3. The van der Waals surface area contributed by atoms with E-state index in [2.05, 4.69) is 52.1 Å². The lowest BCUT2D eigenvalue weighted by molar-refractivity contribution is -0.133. The van der Waals surface area contributed by atoms with Crippen LogP contribution in [0.25, 0.3) is 22.3 Å². The zero-order valence-corrected chi connectivity index (χ0v) is 33.1. The third-order valence-corrected chi connectivity index (χ3v) is 12.7. The highest BCUT2D eigenvalue weighted by Crippen LogP contribution is 2.36. The Bertz CT molecular complexity index is 2180. The predicted octanol–water partition coefficient (Wildman–Crippen LogP) is 6.35. The number of ether oxygens (including phenoxy) is 1. The van der Waals surface area contributed by atoms with E-state index in [1.54, 1.807) is 6.33 Å². The fraction of sp³-hybridized carbons (Fsp3) is 0.444. The molecule has 302 valence electrons. The minimum atomic E-state index is -0.358. The number of hydrogen-bond acceptors (Lipinski definition) is 11. The van der Waals surface area contributed by atoms with Gasteiger partial charge in [0.2, 0.25) is 11.8 Å². The number of likely N-dealkylation sites (tertiary alicyclic amines) is 2. The van der Waals surface area contributed by atoms with Gasteiger partial charge in [-0.2, -0.15) is 5.10 Å². The summed E-state index contributed by atoms with van der Waals surface area (Å²) < 4.78 is 8.12. The zero-order valence-electron chi connectivity index (χ0n) is 33.1. The Hall–Kier alpha value is -5.53. The van der Waals surface area contributed by atoms with Crippen molar-refractivity contribution < 1.29 is 14.3 Å². The molecule has 4 fully saturated rings. The lowest BCUT2D eigenvalue weighted by Crippen LogP contribution is -2.47. The van der Waals surface area contributed by atoms with E-state index in [4.69, 9.17) is 15.6 Å². The molecule has 4 aliphatic heterocycles. The summed E-state index contributed by atoms with van der Waals surface area (Å²) in [4.78, 5) is 40.4. The highest BCUT2D eigenvalue weighted by molar-refractivity contribution is 6.01. The molecule has 4 N–H and O–H groups in total. The molecule has 3 aromatic carbocycles. The summed E-state index contributed by atoms with van der Waals surface area (Å²) >= 11 is 0. The molecule has 4 aliphatic rings. The van der Waals surface area contributed by atoms with Crippen LogP contribution in [0.4, 0.5) is 17.2 Å². The molecule has 0 saturated carbocycles. The van der Waals surface area contributed by atoms with Gasteiger partial charge in [-0.25, -0.2) is 14.6 Å². The number of aromatic nitrogens is 4. The Morgan fingerprint density at radius 1 is 0.759 bits per heavy atom. The van der Waals surface area contributed by atoms with Crippen LogP contribution in [-0.2, 0) is 9.59 Å². The Morgan fingerprint density at radius 3 is 2.22 bits per heavy atom.